The van der Waals surface area contributed by atoms with Crippen LogP contribution in [0.1, 0.15) is 0 Å². The van der Waals surface area contributed by atoms with Crippen molar-refractivity contribution in [2.24, 2.45) is 0 Å². The first kappa shape index (κ1) is 11.7. The van der Waals surface area contributed by atoms with Gasteiger partial charge in [0, 0.05) is 0 Å². The Labute approximate surface area is 80.7 Å². The summed E-state index contributed by atoms with van der Waals surface area (Å²) in [4.78, 5) is 0. The van der Waals surface area contributed by atoms with Crippen molar-refractivity contribution >= 4 is 31.9 Å². The molecule has 0 saturated carbocycles. The number of benzene rings is 1. The molecule has 0 spiro atoms. The minimum atomic E-state index is -3.92. The molecule has 1 aromatic rings. The monoisotopic (exact) mass is 228 g/mol. The molecular formula is C6H6Cl2O3S. The molecule has 0 bridgehead atoms. The molecule has 0 aromatic heterocycles. The second-order valence-electron chi connectivity index (χ2n) is 1.61. The molecule has 12 heavy (non-hydrogen) atoms. The number of hydrogen-bond donors (Lipinski definition) is 0. The Hall–Kier alpha value is -0.290. The van der Waals surface area contributed by atoms with Crippen molar-refractivity contribution in [2.45, 2.75) is 0 Å². The summed E-state index contributed by atoms with van der Waals surface area (Å²) in [6.45, 7) is 0. The highest BCUT2D eigenvalue weighted by atomic mass is 35.7. The van der Waals surface area contributed by atoms with Crippen molar-refractivity contribution in [1.29, 1.82) is 0 Å². The molecule has 0 aliphatic heterocycles. The van der Waals surface area contributed by atoms with E-state index in [4.69, 9.17) is 0 Å². The summed E-state index contributed by atoms with van der Waals surface area (Å²) in [5, 5.41) is 0. The lowest BCUT2D eigenvalue weighted by Crippen LogP contribution is -1.82. The zero-order valence-electron chi connectivity index (χ0n) is 5.85. The molecule has 1 rings (SSSR count). The lowest BCUT2D eigenvalue weighted by molar-refractivity contribution is 0.527. The van der Waals surface area contributed by atoms with Crippen LogP contribution in [-0.4, -0.2) is 8.42 Å². The van der Waals surface area contributed by atoms with Gasteiger partial charge >= 0.3 is 9.33 Å². The van der Waals surface area contributed by atoms with Crippen LogP contribution in [0.4, 0.5) is 0 Å². The van der Waals surface area contributed by atoms with Gasteiger partial charge in [0.1, 0.15) is 0 Å². The molecule has 0 atom stereocenters. The lowest BCUT2D eigenvalue weighted by Gasteiger charge is -1.75. The SMILES string of the molecule is O=S(=O)(Cl)OCl.c1ccccc1. The van der Waals surface area contributed by atoms with E-state index in [2.05, 4.69) is 26.3 Å². The molecule has 68 valence electrons. The third kappa shape index (κ3) is 9.71. The van der Waals surface area contributed by atoms with E-state index in [9.17, 15) is 8.42 Å². The fraction of sp³-hybridized carbons (Fsp3) is 0. The Morgan fingerprint density at radius 3 is 1.17 bits per heavy atom. The highest BCUT2D eigenvalue weighted by Crippen LogP contribution is 1.99. The molecule has 0 amide bonds. The van der Waals surface area contributed by atoms with Gasteiger partial charge in [0.05, 0.1) is 22.5 Å². The molecule has 0 unspecified atom stereocenters. The van der Waals surface area contributed by atoms with Crippen LogP contribution in [0.2, 0.25) is 0 Å². The Morgan fingerprint density at radius 2 is 1.08 bits per heavy atom. The van der Waals surface area contributed by atoms with Crippen LogP contribution in [0.15, 0.2) is 36.4 Å². The van der Waals surface area contributed by atoms with Crippen molar-refractivity contribution in [3.8, 4) is 0 Å². The molecule has 1 aromatic carbocycles. The second-order valence-corrected chi connectivity index (χ2v) is 4.03. The van der Waals surface area contributed by atoms with Crippen molar-refractivity contribution in [3.05, 3.63) is 36.4 Å². The second kappa shape index (κ2) is 6.25. The first-order valence-corrected chi connectivity index (χ1v) is 5.35. The van der Waals surface area contributed by atoms with Gasteiger partial charge < -0.3 is 0 Å². The van der Waals surface area contributed by atoms with Crippen LogP contribution >= 0.6 is 22.5 Å². The van der Waals surface area contributed by atoms with E-state index < -0.39 is 9.33 Å². The predicted molar refractivity (Wildman–Crippen MR) is 48.2 cm³/mol. The fourth-order valence-electron chi connectivity index (χ4n) is 0.385. The largest absolute Gasteiger partial charge is 0.371 e. The lowest BCUT2D eigenvalue weighted by atomic mass is 10.4. The van der Waals surface area contributed by atoms with Crippen LogP contribution in [0, 0.1) is 0 Å². The maximum atomic E-state index is 9.41. The highest BCUT2D eigenvalue weighted by molar-refractivity contribution is 8.10. The van der Waals surface area contributed by atoms with Gasteiger partial charge in [-0.1, -0.05) is 36.4 Å². The number of halogens is 2. The summed E-state index contributed by atoms with van der Waals surface area (Å²) in [6.07, 6.45) is 0. The molecule has 0 saturated heterocycles. The van der Waals surface area contributed by atoms with E-state index in [0.717, 1.165) is 0 Å². The normalized spacial score (nSPS) is 9.83. The van der Waals surface area contributed by atoms with E-state index >= 15 is 0 Å². The summed E-state index contributed by atoms with van der Waals surface area (Å²) in [5.74, 6) is 0. The van der Waals surface area contributed by atoms with E-state index in [0.29, 0.717) is 0 Å². The summed E-state index contributed by atoms with van der Waals surface area (Å²) < 4.78 is 22.0. The first-order chi connectivity index (χ1) is 5.56. The standard InChI is InChI=1S/C6H6.Cl2O3S/c1-2-4-6-5-3-1;1-5-6(2,3)4/h1-6H;. The molecule has 0 N–H and O–H groups in total. The number of rotatable bonds is 1. The van der Waals surface area contributed by atoms with Crippen molar-refractivity contribution < 1.29 is 12.2 Å². The van der Waals surface area contributed by atoms with E-state index in [1.807, 2.05) is 36.4 Å². The Balaban J connectivity index is 0.000000202. The fourth-order valence-corrected chi connectivity index (χ4v) is 0.385. The Morgan fingerprint density at radius 1 is 0.917 bits per heavy atom. The molecule has 0 aliphatic carbocycles. The van der Waals surface area contributed by atoms with Crippen LogP contribution in [-0.2, 0) is 13.1 Å². The maximum absolute atomic E-state index is 9.41. The zero-order chi connectivity index (χ0) is 9.45. The highest BCUT2D eigenvalue weighted by Gasteiger charge is 1.98. The van der Waals surface area contributed by atoms with Gasteiger partial charge in [0.2, 0.25) is 0 Å². The van der Waals surface area contributed by atoms with Gasteiger partial charge in [-0.15, -0.1) is 3.74 Å². The molecule has 0 fully saturated rings. The van der Waals surface area contributed by atoms with Gasteiger partial charge in [-0.05, 0) is 0 Å². The molecule has 3 nitrogen and oxygen atoms in total. The maximum Gasteiger partial charge on any atom is 0.371 e. The van der Waals surface area contributed by atoms with Crippen LogP contribution in [0.25, 0.3) is 0 Å². The van der Waals surface area contributed by atoms with Gasteiger partial charge in [0.25, 0.3) is 0 Å². The van der Waals surface area contributed by atoms with Gasteiger partial charge in [0.15, 0.2) is 0 Å². The molecule has 0 aliphatic rings. The summed E-state index contributed by atoms with van der Waals surface area (Å²) >= 11 is 4.26. The summed E-state index contributed by atoms with van der Waals surface area (Å²) in [5.41, 5.74) is 0. The van der Waals surface area contributed by atoms with Crippen molar-refractivity contribution in [2.75, 3.05) is 0 Å². The van der Waals surface area contributed by atoms with E-state index in [-0.39, 0.29) is 0 Å². The first-order valence-electron chi connectivity index (χ1n) is 2.81. The zero-order valence-corrected chi connectivity index (χ0v) is 8.18. The van der Waals surface area contributed by atoms with Crippen molar-refractivity contribution in [1.82, 2.24) is 0 Å². The topological polar surface area (TPSA) is 43.4 Å². The van der Waals surface area contributed by atoms with E-state index in [1.165, 1.54) is 0 Å². The third-order valence-corrected chi connectivity index (χ3v) is 1.77. The van der Waals surface area contributed by atoms with Gasteiger partial charge in [-0.25, -0.2) is 0 Å². The van der Waals surface area contributed by atoms with Crippen LogP contribution in [0.5, 0.6) is 0 Å². The van der Waals surface area contributed by atoms with Gasteiger partial charge in [-0.3, -0.25) is 0 Å². The average Bonchev–Trinajstić information content (AvgIpc) is 2.07. The smallest absolute Gasteiger partial charge is 0.180 e. The number of hydrogen-bond acceptors (Lipinski definition) is 3. The van der Waals surface area contributed by atoms with E-state index in [1.54, 1.807) is 0 Å². The molecular weight excluding hydrogens is 223 g/mol. The predicted octanol–water partition coefficient (Wildman–Crippen LogP) is 2.33. The average molecular weight is 229 g/mol. The quantitative estimate of drug-likeness (QED) is 0.694. The van der Waals surface area contributed by atoms with Crippen molar-refractivity contribution in [3.63, 3.8) is 0 Å². The van der Waals surface area contributed by atoms with Gasteiger partial charge in [-0.2, -0.15) is 8.42 Å². The van der Waals surface area contributed by atoms with Crippen LogP contribution < -0.4 is 0 Å². The molecule has 0 radical (unpaired) electrons. The summed E-state index contributed by atoms with van der Waals surface area (Å²) in [6, 6.07) is 12.0. The molecule has 6 heteroatoms. The Bertz CT molecular complexity index is 258. The summed E-state index contributed by atoms with van der Waals surface area (Å²) in [7, 11) is 0.411. The Kier molecular flexibility index (Phi) is 6.10. The minimum absolute atomic E-state index is 2.00. The third-order valence-electron chi connectivity index (χ3n) is 0.742. The van der Waals surface area contributed by atoms with Crippen LogP contribution in [0.3, 0.4) is 0 Å². The minimum Gasteiger partial charge on any atom is -0.180 e. The molecule has 0 heterocycles.